The van der Waals surface area contributed by atoms with E-state index >= 15 is 0 Å². The standard InChI is InChI=1S/C65H72N8O14/c1-38(2)59(69-56(74)18-7-6-12-25-70-57(75)23-24-58(70)76)61(78)67-39(3)60(77)68-45-21-19-40(20-22-45)37-87-65(82)73-50-33-55(53(84-5)31-48(50)63(80)72-36-44-17-11-9-15-42(44)29-51(72)64(73)81)86-27-13-26-85-54-32-49-47(30-52(54)83-4)62(79)71-35-43-16-10-8-14-41(43)28-46(71)34-66-49/h8-11,14-17,19-24,30-33,38-39,46,51,59,64,66,81H,6-7,12-13,18,25-29,34-37H2,1-5H3,(H,67,78)(H,68,77)(H,69,74)/t39-,46-,51-,59-,64?/m0/s1. The summed E-state index contributed by atoms with van der Waals surface area (Å²) < 4.78 is 29.9. The summed E-state index contributed by atoms with van der Waals surface area (Å²) in [6.07, 6.45) is 3.03. The number of aliphatic hydroxyl groups excluding tert-OH is 1. The first-order valence-electron chi connectivity index (χ1n) is 29.4. The Morgan fingerprint density at radius 3 is 1.93 bits per heavy atom. The summed E-state index contributed by atoms with van der Waals surface area (Å²) in [4.78, 5) is 112. The zero-order valence-corrected chi connectivity index (χ0v) is 49.3. The first-order valence-corrected chi connectivity index (χ1v) is 29.4. The van der Waals surface area contributed by atoms with Crippen LogP contribution in [0, 0.1) is 5.92 Å². The number of unbranched alkanes of at least 4 members (excludes halogenated alkanes) is 2. The number of nitrogens with zero attached hydrogens (tertiary/aromatic N) is 4. The van der Waals surface area contributed by atoms with E-state index in [0.717, 1.165) is 32.9 Å². The number of imide groups is 1. The summed E-state index contributed by atoms with van der Waals surface area (Å²) in [5, 5.41) is 24.0. The fraction of sp³-hybridized carbons (Fsp3) is 0.385. The van der Waals surface area contributed by atoms with Gasteiger partial charge in [0.05, 0.1) is 62.0 Å². The maximum atomic E-state index is 14.7. The molecule has 87 heavy (non-hydrogen) atoms. The van der Waals surface area contributed by atoms with Crippen LogP contribution in [0.2, 0.25) is 0 Å². The van der Waals surface area contributed by atoms with Crippen LogP contribution in [0.4, 0.5) is 21.9 Å². The highest BCUT2D eigenvalue weighted by molar-refractivity contribution is 6.13. The number of fused-ring (bicyclic) bond motifs is 6. The van der Waals surface area contributed by atoms with Gasteiger partial charge in [0.25, 0.3) is 23.6 Å². The molecule has 1 unspecified atom stereocenters. The maximum absolute atomic E-state index is 14.7. The molecule has 0 radical (unpaired) electrons. The Hall–Kier alpha value is -9.44. The molecule has 22 nitrogen and oxygen atoms in total. The summed E-state index contributed by atoms with van der Waals surface area (Å²) in [5.74, 6) is -1.71. The highest BCUT2D eigenvalue weighted by Crippen LogP contribution is 2.43. The van der Waals surface area contributed by atoms with Crippen molar-refractivity contribution in [1.82, 2.24) is 25.3 Å². The lowest BCUT2D eigenvalue weighted by molar-refractivity contribution is -0.137. The molecule has 5 atom stereocenters. The van der Waals surface area contributed by atoms with Crippen LogP contribution in [-0.2, 0) is 61.2 Å². The number of carbonyl (C=O) groups is 8. The van der Waals surface area contributed by atoms with E-state index in [1.165, 1.54) is 51.0 Å². The van der Waals surface area contributed by atoms with Gasteiger partial charge in [0, 0.05) is 69.0 Å². The average Bonchev–Trinajstić information content (AvgIpc) is 1.77. The number of anilines is 3. The molecule has 5 N–H and O–H groups in total. The lowest BCUT2D eigenvalue weighted by atomic mass is 9.93. The van der Waals surface area contributed by atoms with Gasteiger partial charge < -0.3 is 59.9 Å². The van der Waals surface area contributed by atoms with Crippen LogP contribution < -0.4 is 45.1 Å². The van der Waals surface area contributed by atoms with Crippen molar-refractivity contribution in [3.05, 3.63) is 148 Å². The fourth-order valence-corrected chi connectivity index (χ4v) is 11.6. The van der Waals surface area contributed by atoms with Gasteiger partial charge in [-0.05, 0) is 90.6 Å². The van der Waals surface area contributed by atoms with E-state index in [-0.39, 0.29) is 104 Å². The van der Waals surface area contributed by atoms with Gasteiger partial charge in [-0.15, -0.1) is 0 Å². The highest BCUT2D eigenvalue weighted by Gasteiger charge is 2.46. The maximum Gasteiger partial charge on any atom is 0.416 e. The quantitative estimate of drug-likeness (QED) is 0.0359. The molecule has 0 fully saturated rings. The third kappa shape index (κ3) is 13.5. The molecule has 5 aliphatic heterocycles. The van der Waals surface area contributed by atoms with Crippen molar-refractivity contribution in [1.29, 1.82) is 0 Å². The molecule has 0 aliphatic carbocycles. The zero-order valence-electron chi connectivity index (χ0n) is 49.3. The van der Waals surface area contributed by atoms with E-state index in [9.17, 15) is 43.5 Å². The number of nitrogens with one attached hydrogen (secondary N) is 4. The second-order valence-electron chi connectivity index (χ2n) is 22.5. The van der Waals surface area contributed by atoms with Crippen LogP contribution in [-0.4, -0.2) is 138 Å². The average molecular weight is 1190 g/mol. The number of carbonyl (C=O) groups excluding carboxylic acids is 8. The molecule has 22 heteroatoms. The molecule has 456 valence electrons. The lowest BCUT2D eigenvalue weighted by Crippen LogP contribution is -2.55. The number of methoxy groups -OCH3 is 2. The molecule has 0 saturated carbocycles. The summed E-state index contributed by atoms with van der Waals surface area (Å²) in [6.45, 7) is 6.60. The Morgan fingerprint density at radius 2 is 1.28 bits per heavy atom. The van der Waals surface area contributed by atoms with Crippen LogP contribution in [0.3, 0.4) is 0 Å². The highest BCUT2D eigenvalue weighted by atomic mass is 16.6. The number of ether oxygens (including phenoxy) is 5. The van der Waals surface area contributed by atoms with E-state index in [4.69, 9.17) is 23.7 Å². The smallest absolute Gasteiger partial charge is 0.416 e. The van der Waals surface area contributed by atoms with Gasteiger partial charge in [-0.1, -0.05) is 80.9 Å². The summed E-state index contributed by atoms with van der Waals surface area (Å²) >= 11 is 0. The third-order valence-corrected chi connectivity index (χ3v) is 16.4. The SMILES string of the molecule is COc1cc2c(cc1OCCCOc1cc3c(cc1OC)C(=O)N1Cc4ccccc4C[C@H]1C(O)N3C(=O)OCc1ccc(NC(=O)[C@H](C)NC(=O)[C@@H](NC(=O)CCCCCN3C(=O)C=CC3=O)C(C)C)cc1)NC[C@@H]1Cc3ccccc3CN1C2=O. The predicted molar refractivity (Wildman–Crippen MR) is 320 cm³/mol. The van der Waals surface area contributed by atoms with Gasteiger partial charge in [0.15, 0.2) is 29.2 Å². The second-order valence-corrected chi connectivity index (χ2v) is 22.5. The Bertz CT molecular complexity index is 3480. The topological polar surface area (TPSA) is 264 Å². The first-order chi connectivity index (χ1) is 42.0. The van der Waals surface area contributed by atoms with Crippen molar-refractivity contribution in [2.75, 3.05) is 56.1 Å². The molecule has 0 saturated heterocycles. The van der Waals surface area contributed by atoms with Gasteiger partial charge in [0.1, 0.15) is 18.7 Å². The number of hydrogen-bond acceptors (Lipinski definition) is 15. The number of rotatable bonds is 22. The minimum atomic E-state index is -1.57. The van der Waals surface area contributed by atoms with Crippen LogP contribution in [0.25, 0.3) is 0 Å². The van der Waals surface area contributed by atoms with Gasteiger partial charge in [0.2, 0.25) is 17.7 Å². The van der Waals surface area contributed by atoms with Gasteiger partial charge in [-0.25, -0.2) is 9.69 Å². The van der Waals surface area contributed by atoms with Crippen LogP contribution in [0.15, 0.2) is 109 Å². The van der Waals surface area contributed by atoms with Gasteiger partial charge in [-0.2, -0.15) is 0 Å². The molecule has 0 spiro atoms. The number of benzene rings is 5. The molecule has 8 amide bonds. The monoisotopic (exact) mass is 1190 g/mol. The molecule has 10 rings (SSSR count). The molecule has 5 aliphatic rings. The van der Waals surface area contributed by atoms with Crippen molar-refractivity contribution < 1.29 is 67.1 Å². The normalized spacial score (nSPS) is 18.1. The summed E-state index contributed by atoms with van der Waals surface area (Å²) in [6, 6.07) is 26.0. The minimum absolute atomic E-state index is 0.0232. The second kappa shape index (κ2) is 26.9. The van der Waals surface area contributed by atoms with Crippen molar-refractivity contribution in [2.24, 2.45) is 5.92 Å². The Labute approximate surface area is 504 Å². The number of amides is 8. The number of hydrogen-bond donors (Lipinski definition) is 5. The zero-order chi connectivity index (χ0) is 61.5. The molecule has 0 bridgehead atoms. The van der Waals surface area contributed by atoms with Crippen LogP contribution in [0.5, 0.6) is 23.0 Å². The predicted octanol–water partition coefficient (Wildman–Crippen LogP) is 6.66. The molecule has 5 heterocycles. The lowest BCUT2D eigenvalue weighted by Gasteiger charge is -2.39. The van der Waals surface area contributed by atoms with Gasteiger partial charge >= 0.3 is 6.09 Å². The Kier molecular flexibility index (Phi) is 18.7. The van der Waals surface area contributed by atoms with Crippen LogP contribution >= 0.6 is 0 Å². The third-order valence-electron chi connectivity index (χ3n) is 16.4. The Morgan fingerprint density at radius 1 is 0.667 bits per heavy atom. The van der Waals surface area contributed by atoms with E-state index in [1.807, 2.05) is 41.3 Å². The molecule has 5 aromatic carbocycles. The van der Waals surface area contributed by atoms with Crippen molar-refractivity contribution in [2.45, 2.75) is 116 Å². The van der Waals surface area contributed by atoms with Crippen molar-refractivity contribution in [3.8, 4) is 23.0 Å². The molecular formula is C65H72N8O14. The van der Waals surface area contributed by atoms with E-state index in [2.05, 4.69) is 33.4 Å². The fourth-order valence-electron chi connectivity index (χ4n) is 11.6. The van der Waals surface area contributed by atoms with Crippen molar-refractivity contribution >= 4 is 64.5 Å². The molecule has 5 aromatic rings. The largest absolute Gasteiger partial charge is 0.493 e. The first kappa shape index (κ1) is 60.7. The summed E-state index contributed by atoms with van der Waals surface area (Å²) in [7, 11) is 2.96. The summed E-state index contributed by atoms with van der Waals surface area (Å²) in [5.41, 5.74) is 6.36. The molecular weight excluding hydrogens is 1120 g/mol. The van der Waals surface area contributed by atoms with E-state index in [1.54, 1.807) is 55.1 Å². The Balaban J connectivity index is 0.761. The molecule has 0 aromatic heterocycles. The van der Waals surface area contributed by atoms with E-state index < -0.39 is 48.2 Å². The van der Waals surface area contributed by atoms with Crippen LogP contribution in [0.1, 0.15) is 101 Å². The van der Waals surface area contributed by atoms with Gasteiger partial charge in [-0.3, -0.25) is 38.5 Å². The number of aliphatic hydroxyl groups is 1. The van der Waals surface area contributed by atoms with Crippen molar-refractivity contribution in [3.63, 3.8) is 0 Å². The minimum Gasteiger partial charge on any atom is -0.493 e. The van der Waals surface area contributed by atoms with E-state index in [0.29, 0.717) is 72.8 Å².